The molecule has 0 aliphatic heterocycles. The maximum absolute atomic E-state index is 13.0. The molecule has 0 aromatic heterocycles. The predicted molar refractivity (Wildman–Crippen MR) is 134 cm³/mol. The number of benzene rings is 4. The summed E-state index contributed by atoms with van der Waals surface area (Å²) in [7, 11) is 0. The van der Waals surface area contributed by atoms with Crippen LogP contribution in [0.5, 0.6) is 0 Å². The first kappa shape index (κ1) is 21.8. The van der Waals surface area contributed by atoms with E-state index in [2.05, 4.69) is 100 Å². The number of carbonyl (C=O) groups is 1. The van der Waals surface area contributed by atoms with Crippen molar-refractivity contribution < 1.29 is 4.79 Å². The molecule has 0 saturated heterocycles. The molecule has 2 atom stereocenters. The molecular weight excluding hydrogens is 388 g/mol. The second-order valence-electron chi connectivity index (χ2n) is 8.84. The lowest BCUT2D eigenvalue weighted by Crippen LogP contribution is -2.03. The molecule has 0 N–H and O–H groups in total. The Balaban J connectivity index is 1.48. The van der Waals surface area contributed by atoms with E-state index in [1.165, 1.54) is 33.4 Å². The summed E-state index contributed by atoms with van der Waals surface area (Å²) in [5.41, 5.74) is 8.98. The maximum atomic E-state index is 13.0. The highest BCUT2D eigenvalue weighted by molar-refractivity contribution is 6.09. The molecule has 4 rings (SSSR count). The first-order chi connectivity index (χ1) is 15.4. The number of hydrogen-bond donors (Lipinski definition) is 0. The number of carbonyl (C=O) groups excluding carboxylic acids is 1. The summed E-state index contributed by atoms with van der Waals surface area (Å²) < 4.78 is 0. The van der Waals surface area contributed by atoms with Crippen LogP contribution in [0.15, 0.2) is 97.1 Å². The van der Waals surface area contributed by atoms with Gasteiger partial charge in [-0.1, -0.05) is 122 Å². The Hall–Kier alpha value is -3.45. The highest BCUT2D eigenvalue weighted by Crippen LogP contribution is 2.27. The van der Waals surface area contributed by atoms with Crippen molar-refractivity contribution in [1.29, 1.82) is 0 Å². The lowest BCUT2D eigenvalue weighted by molar-refractivity contribution is 0.103. The van der Waals surface area contributed by atoms with Crippen molar-refractivity contribution in [3.05, 3.63) is 142 Å². The van der Waals surface area contributed by atoms with Crippen LogP contribution in [0.1, 0.15) is 75.0 Å². The average Bonchev–Trinajstić information content (AvgIpc) is 2.84. The summed E-state index contributed by atoms with van der Waals surface area (Å²) in [6.07, 6.45) is 0. The van der Waals surface area contributed by atoms with Crippen molar-refractivity contribution in [2.24, 2.45) is 0 Å². The quantitative estimate of drug-likeness (QED) is 0.291. The number of ketones is 1. The molecule has 160 valence electrons. The molecule has 0 bridgehead atoms. The Labute approximate surface area is 191 Å². The highest BCUT2D eigenvalue weighted by Gasteiger charge is 2.14. The fourth-order valence-electron chi connectivity index (χ4n) is 4.11. The van der Waals surface area contributed by atoms with Crippen LogP contribution in [-0.4, -0.2) is 5.78 Å². The minimum atomic E-state index is 0.0640. The van der Waals surface area contributed by atoms with Crippen molar-refractivity contribution in [1.82, 2.24) is 0 Å². The van der Waals surface area contributed by atoms with Crippen LogP contribution in [0.3, 0.4) is 0 Å². The SMILES string of the molecule is Cc1ccc(C(C)c2ccc(C(=O)c3ccc(C(C)c4ccc(C)cc4)cc3)cc2)cc1. The summed E-state index contributed by atoms with van der Waals surface area (Å²) in [5, 5.41) is 0. The number of aryl methyl sites for hydroxylation is 2. The Morgan fingerprint density at radius 1 is 0.469 bits per heavy atom. The number of hydrogen-bond acceptors (Lipinski definition) is 1. The van der Waals surface area contributed by atoms with Gasteiger partial charge >= 0.3 is 0 Å². The van der Waals surface area contributed by atoms with Gasteiger partial charge in [0.25, 0.3) is 0 Å². The molecule has 32 heavy (non-hydrogen) atoms. The van der Waals surface area contributed by atoms with Crippen LogP contribution in [0.2, 0.25) is 0 Å². The third-order valence-electron chi connectivity index (χ3n) is 6.50. The molecule has 4 aromatic carbocycles. The van der Waals surface area contributed by atoms with Crippen molar-refractivity contribution in [3.8, 4) is 0 Å². The fourth-order valence-corrected chi connectivity index (χ4v) is 4.11. The van der Waals surface area contributed by atoms with E-state index in [0.717, 1.165) is 11.1 Å². The van der Waals surface area contributed by atoms with Crippen LogP contribution < -0.4 is 0 Å². The summed E-state index contributed by atoms with van der Waals surface area (Å²) in [6, 6.07) is 33.4. The van der Waals surface area contributed by atoms with E-state index in [-0.39, 0.29) is 5.78 Å². The van der Waals surface area contributed by atoms with E-state index in [4.69, 9.17) is 0 Å². The standard InChI is InChI=1S/C31H30O/c1-21-5-9-25(10-6-21)23(3)27-13-17-29(18-14-27)31(32)30-19-15-28(16-20-30)24(4)26-11-7-22(2)8-12-26/h5-20,23-24H,1-4H3. The van der Waals surface area contributed by atoms with Gasteiger partial charge < -0.3 is 0 Å². The topological polar surface area (TPSA) is 17.1 Å². The van der Waals surface area contributed by atoms with Gasteiger partial charge in [-0.05, 0) is 36.1 Å². The van der Waals surface area contributed by atoms with Crippen LogP contribution in [0, 0.1) is 13.8 Å². The van der Waals surface area contributed by atoms with E-state index < -0.39 is 0 Å². The molecule has 0 aliphatic rings. The first-order valence-corrected chi connectivity index (χ1v) is 11.3. The summed E-state index contributed by atoms with van der Waals surface area (Å²) in [4.78, 5) is 13.0. The zero-order valence-electron chi connectivity index (χ0n) is 19.3. The van der Waals surface area contributed by atoms with E-state index >= 15 is 0 Å². The Morgan fingerprint density at radius 2 is 0.719 bits per heavy atom. The molecule has 0 spiro atoms. The van der Waals surface area contributed by atoms with Crippen molar-refractivity contribution >= 4 is 5.78 Å². The molecule has 0 amide bonds. The minimum absolute atomic E-state index is 0.0640. The third-order valence-corrected chi connectivity index (χ3v) is 6.50. The van der Waals surface area contributed by atoms with E-state index in [1.54, 1.807) is 0 Å². The molecule has 0 saturated carbocycles. The van der Waals surface area contributed by atoms with Crippen LogP contribution in [0.4, 0.5) is 0 Å². The molecule has 0 aliphatic carbocycles. The molecule has 0 fully saturated rings. The Kier molecular flexibility index (Phi) is 6.37. The van der Waals surface area contributed by atoms with Gasteiger partial charge in [0.1, 0.15) is 0 Å². The van der Waals surface area contributed by atoms with Gasteiger partial charge in [0.2, 0.25) is 0 Å². The predicted octanol–water partition coefficient (Wildman–Crippen LogP) is 7.84. The van der Waals surface area contributed by atoms with Crippen molar-refractivity contribution in [3.63, 3.8) is 0 Å². The lowest BCUT2D eigenvalue weighted by Gasteiger charge is -2.14. The van der Waals surface area contributed by atoms with Gasteiger partial charge in [0, 0.05) is 23.0 Å². The van der Waals surface area contributed by atoms with Crippen LogP contribution >= 0.6 is 0 Å². The summed E-state index contributed by atoms with van der Waals surface area (Å²) >= 11 is 0. The van der Waals surface area contributed by atoms with E-state index in [9.17, 15) is 4.79 Å². The summed E-state index contributed by atoms with van der Waals surface area (Å²) in [5.74, 6) is 0.652. The third kappa shape index (κ3) is 4.73. The molecule has 2 unspecified atom stereocenters. The molecule has 0 heterocycles. The molecular formula is C31H30O. The normalized spacial score (nSPS) is 12.9. The second kappa shape index (κ2) is 9.36. The second-order valence-corrected chi connectivity index (χ2v) is 8.84. The molecule has 0 radical (unpaired) electrons. The zero-order valence-corrected chi connectivity index (χ0v) is 19.3. The lowest BCUT2D eigenvalue weighted by atomic mass is 9.90. The van der Waals surface area contributed by atoms with Crippen molar-refractivity contribution in [2.45, 2.75) is 39.5 Å². The fraction of sp³-hybridized carbons (Fsp3) is 0.194. The highest BCUT2D eigenvalue weighted by atomic mass is 16.1. The molecule has 1 nitrogen and oxygen atoms in total. The Bertz CT molecular complexity index is 1080. The van der Waals surface area contributed by atoms with Gasteiger partial charge in [0.05, 0.1) is 0 Å². The van der Waals surface area contributed by atoms with Crippen LogP contribution in [-0.2, 0) is 0 Å². The smallest absolute Gasteiger partial charge is 0.193 e. The average molecular weight is 419 g/mol. The van der Waals surface area contributed by atoms with Gasteiger partial charge in [0.15, 0.2) is 5.78 Å². The van der Waals surface area contributed by atoms with Crippen LogP contribution in [0.25, 0.3) is 0 Å². The van der Waals surface area contributed by atoms with E-state index in [0.29, 0.717) is 11.8 Å². The molecule has 1 heteroatoms. The van der Waals surface area contributed by atoms with Crippen molar-refractivity contribution in [2.75, 3.05) is 0 Å². The first-order valence-electron chi connectivity index (χ1n) is 11.3. The summed E-state index contributed by atoms with van der Waals surface area (Å²) in [6.45, 7) is 8.61. The van der Waals surface area contributed by atoms with Gasteiger partial charge in [-0.2, -0.15) is 0 Å². The van der Waals surface area contributed by atoms with Gasteiger partial charge in [-0.15, -0.1) is 0 Å². The van der Waals surface area contributed by atoms with Gasteiger partial charge in [-0.3, -0.25) is 4.79 Å². The largest absolute Gasteiger partial charge is 0.289 e. The van der Waals surface area contributed by atoms with E-state index in [1.807, 2.05) is 24.3 Å². The maximum Gasteiger partial charge on any atom is 0.193 e. The van der Waals surface area contributed by atoms with Gasteiger partial charge in [-0.25, -0.2) is 0 Å². The minimum Gasteiger partial charge on any atom is -0.289 e. The molecule has 4 aromatic rings. The zero-order chi connectivity index (χ0) is 22.7. The Morgan fingerprint density at radius 3 is 1.00 bits per heavy atom. The number of rotatable bonds is 6. The monoisotopic (exact) mass is 418 g/mol.